The molecule has 0 saturated heterocycles. The van der Waals surface area contributed by atoms with Gasteiger partial charge >= 0.3 is 6.18 Å². The molecule has 24 heavy (non-hydrogen) atoms. The molecule has 0 unspecified atom stereocenters. The van der Waals surface area contributed by atoms with Gasteiger partial charge in [-0.25, -0.2) is 4.68 Å². The number of nitrogens with zero attached hydrogens (tertiary/aromatic N) is 3. The summed E-state index contributed by atoms with van der Waals surface area (Å²) in [5.41, 5.74) is 2.97. The monoisotopic (exact) mass is 331 g/mol. The zero-order valence-electron chi connectivity index (χ0n) is 13.1. The second-order valence-electron chi connectivity index (χ2n) is 5.69. The Morgan fingerprint density at radius 2 is 1.62 bits per heavy atom. The van der Waals surface area contributed by atoms with E-state index in [0.717, 1.165) is 11.1 Å². The fourth-order valence-electron chi connectivity index (χ4n) is 2.51. The van der Waals surface area contributed by atoms with E-state index >= 15 is 0 Å². The molecule has 0 radical (unpaired) electrons. The van der Waals surface area contributed by atoms with Gasteiger partial charge in [-0.15, -0.1) is 5.10 Å². The Morgan fingerprint density at radius 1 is 0.958 bits per heavy atom. The number of aryl methyl sites for hydroxylation is 1. The number of benzene rings is 2. The summed E-state index contributed by atoms with van der Waals surface area (Å²) in [6.45, 7) is 2.22. The second-order valence-corrected chi connectivity index (χ2v) is 5.69. The highest BCUT2D eigenvalue weighted by molar-refractivity contribution is 5.61. The molecule has 2 aromatic carbocycles. The molecular formula is C18H16F3N3. The van der Waals surface area contributed by atoms with E-state index < -0.39 is 12.6 Å². The van der Waals surface area contributed by atoms with Gasteiger partial charge in [-0.1, -0.05) is 65.4 Å². The number of aromatic nitrogens is 3. The zero-order valence-corrected chi connectivity index (χ0v) is 13.1. The molecule has 0 aliphatic rings. The van der Waals surface area contributed by atoms with Crippen molar-refractivity contribution < 1.29 is 13.2 Å². The fraction of sp³-hybridized carbons (Fsp3) is 0.222. The van der Waals surface area contributed by atoms with Gasteiger partial charge < -0.3 is 0 Å². The Labute approximate surface area is 137 Å². The maximum Gasteiger partial charge on any atom is 0.394 e. The van der Waals surface area contributed by atoms with Crippen LogP contribution in [0.25, 0.3) is 11.3 Å². The van der Waals surface area contributed by atoms with Crippen LogP contribution >= 0.6 is 0 Å². The van der Waals surface area contributed by atoms with Gasteiger partial charge in [0.25, 0.3) is 0 Å². The lowest BCUT2D eigenvalue weighted by molar-refractivity contribution is -0.128. The molecule has 0 aliphatic carbocycles. The van der Waals surface area contributed by atoms with Gasteiger partial charge in [0.15, 0.2) is 0 Å². The van der Waals surface area contributed by atoms with Crippen LogP contribution in [0.4, 0.5) is 13.2 Å². The highest BCUT2D eigenvalue weighted by Crippen LogP contribution is 2.28. The molecule has 0 aliphatic heterocycles. The smallest absolute Gasteiger partial charge is 0.244 e. The first-order valence-corrected chi connectivity index (χ1v) is 7.52. The third-order valence-corrected chi connectivity index (χ3v) is 3.71. The second kappa shape index (κ2) is 6.47. The molecule has 0 amide bonds. The third-order valence-electron chi connectivity index (χ3n) is 3.71. The average molecular weight is 331 g/mol. The van der Waals surface area contributed by atoms with Crippen molar-refractivity contribution in [3.05, 3.63) is 71.4 Å². The minimum atomic E-state index is -4.32. The van der Waals surface area contributed by atoms with Crippen molar-refractivity contribution in [3.63, 3.8) is 0 Å². The summed E-state index contributed by atoms with van der Waals surface area (Å²) >= 11 is 0. The van der Waals surface area contributed by atoms with Crippen LogP contribution in [0.2, 0.25) is 0 Å². The molecular weight excluding hydrogens is 315 g/mol. The quantitative estimate of drug-likeness (QED) is 0.709. The van der Waals surface area contributed by atoms with E-state index in [1.807, 2.05) is 37.3 Å². The van der Waals surface area contributed by atoms with E-state index in [1.165, 1.54) is 4.68 Å². The lowest BCUT2D eigenvalue weighted by Gasteiger charge is -2.11. The van der Waals surface area contributed by atoms with Crippen LogP contribution in [-0.2, 0) is 13.0 Å². The Morgan fingerprint density at radius 3 is 2.25 bits per heavy atom. The summed E-state index contributed by atoms with van der Waals surface area (Å²) in [7, 11) is 0. The molecule has 3 rings (SSSR count). The van der Waals surface area contributed by atoms with Crippen molar-refractivity contribution in [3.8, 4) is 11.3 Å². The van der Waals surface area contributed by atoms with E-state index in [2.05, 4.69) is 10.3 Å². The molecule has 0 saturated carbocycles. The maximum atomic E-state index is 13.0. The van der Waals surface area contributed by atoms with E-state index in [4.69, 9.17) is 0 Å². The molecule has 6 heteroatoms. The first-order valence-electron chi connectivity index (χ1n) is 7.52. The summed E-state index contributed by atoms with van der Waals surface area (Å²) < 4.78 is 40.4. The van der Waals surface area contributed by atoms with Crippen molar-refractivity contribution >= 4 is 0 Å². The number of hydrogen-bond donors (Lipinski definition) is 0. The van der Waals surface area contributed by atoms with E-state index in [0.29, 0.717) is 5.56 Å². The summed E-state index contributed by atoms with van der Waals surface area (Å²) in [5.74, 6) is 0. The van der Waals surface area contributed by atoms with Crippen LogP contribution in [0.15, 0.2) is 54.6 Å². The van der Waals surface area contributed by atoms with Crippen LogP contribution in [0, 0.1) is 6.92 Å². The SMILES string of the molecule is Cc1ccc(Cn2nnc(-c3ccccc3)c2CC(F)(F)F)cc1. The fourth-order valence-corrected chi connectivity index (χ4v) is 2.51. The molecule has 0 N–H and O–H groups in total. The maximum absolute atomic E-state index is 13.0. The number of halogens is 3. The number of rotatable bonds is 4. The van der Waals surface area contributed by atoms with Crippen molar-refractivity contribution in [1.82, 2.24) is 15.0 Å². The average Bonchev–Trinajstić information content (AvgIpc) is 2.91. The minimum Gasteiger partial charge on any atom is -0.244 e. The Hall–Kier alpha value is -2.63. The van der Waals surface area contributed by atoms with Gasteiger partial charge in [-0.05, 0) is 12.5 Å². The van der Waals surface area contributed by atoms with Gasteiger partial charge in [0.1, 0.15) is 5.69 Å². The standard InChI is InChI=1S/C18H16F3N3/c1-13-7-9-14(10-8-13)12-24-16(11-18(19,20)21)17(22-23-24)15-5-3-2-4-6-15/h2-10H,11-12H2,1H3. The number of hydrogen-bond acceptors (Lipinski definition) is 2. The van der Waals surface area contributed by atoms with Crippen LogP contribution in [0.1, 0.15) is 16.8 Å². The lowest BCUT2D eigenvalue weighted by atomic mass is 10.1. The highest BCUT2D eigenvalue weighted by atomic mass is 19.4. The third kappa shape index (κ3) is 3.82. The predicted molar refractivity (Wildman–Crippen MR) is 85.5 cm³/mol. The molecule has 1 aromatic heterocycles. The molecule has 1 heterocycles. The Kier molecular flexibility index (Phi) is 4.38. The zero-order chi connectivity index (χ0) is 17.2. The van der Waals surface area contributed by atoms with Crippen LogP contribution in [0.5, 0.6) is 0 Å². The van der Waals surface area contributed by atoms with Crippen molar-refractivity contribution in [2.45, 2.75) is 26.1 Å². The first-order chi connectivity index (χ1) is 11.4. The lowest BCUT2D eigenvalue weighted by Crippen LogP contribution is -2.17. The molecule has 3 aromatic rings. The van der Waals surface area contributed by atoms with E-state index in [9.17, 15) is 13.2 Å². The molecule has 0 bridgehead atoms. The predicted octanol–water partition coefficient (Wildman–Crippen LogP) is 4.41. The summed E-state index contributed by atoms with van der Waals surface area (Å²) in [4.78, 5) is 0. The van der Waals surface area contributed by atoms with Crippen molar-refractivity contribution in [1.29, 1.82) is 0 Å². The van der Waals surface area contributed by atoms with E-state index in [-0.39, 0.29) is 17.9 Å². The minimum absolute atomic E-state index is 0.0780. The number of alkyl halides is 3. The normalized spacial score (nSPS) is 11.7. The summed E-state index contributed by atoms with van der Waals surface area (Å²) in [6, 6.07) is 16.4. The topological polar surface area (TPSA) is 30.7 Å². The molecule has 0 spiro atoms. The Bertz CT molecular complexity index is 806. The van der Waals surface area contributed by atoms with Gasteiger partial charge in [-0.3, -0.25) is 0 Å². The summed E-state index contributed by atoms with van der Waals surface area (Å²) in [5, 5.41) is 7.96. The van der Waals surface area contributed by atoms with Crippen LogP contribution in [-0.4, -0.2) is 21.2 Å². The summed E-state index contributed by atoms with van der Waals surface area (Å²) in [6.07, 6.45) is -5.38. The molecule has 124 valence electrons. The van der Waals surface area contributed by atoms with Crippen molar-refractivity contribution in [2.24, 2.45) is 0 Å². The van der Waals surface area contributed by atoms with Crippen LogP contribution < -0.4 is 0 Å². The highest BCUT2D eigenvalue weighted by Gasteiger charge is 2.32. The molecule has 0 atom stereocenters. The molecule has 0 fully saturated rings. The largest absolute Gasteiger partial charge is 0.394 e. The Balaban J connectivity index is 1.99. The van der Waals surface area contributed by atoms with E-state index in [1.54, 1.807) is 24.3 Å². The first kappa shape index (κ1) is 16.2. The van der Waals surface area contributed by atoms with Gasteiger partial charge in [0.2, 0.25) is 0 Å². The van der Waals surface area contributed by atoms with Crippen LogP contribution in [0.3, 0.4) is 0 Å². The van der Waals surface area contributed by atoms with Gasteiger partial charge in [0, 0.05) is 5.56 Å². The molecule has 3 nitrogen and oxygen atoms in total. The van der Waals surface area contributed by atoms with Crippen molar-refractivity contribution in [2.75, 3.05) is 0 Å². The van der Waals surface area contributed by atoms with Gasteiger partial charge in [0.05, 0.1) is 18.7 Å². The van der Waals surface area contributed by atoms with Gasteiger partial charge in [-0.2, -0.15) is 13.2 Å².